The number of tetrazole rings is 1. The second-order valence-corrected chi connectivity index (χ2v) is 8.79. The van der Waals surface area contributed by atoms with Gasteiger partial charge in [0.2, 0.25) is 6.79 Å². The van der Waals surface area contributed by atoms with Crippen LogP contribution in [0, 0.1) is 0 Å². The number of H-pyrrole nitrogens is 1. The van der Waals surface area contributed by atoms with E-state index < -0.39 is 0 Å². The van der Waals surface area contributed by atoms with Gasteiger partial charge in [0.25, 0.3) is 5.56 Å². The normalized spacial score (nSPS) is 12.5. The molecule has 0 fully saturated rings. The molecule has 3 heterocycles. The van der Waals surface area contributed by atoms with Gasteiger partial charge in [0.15, 0.2) is 17.3 Å². The van der Waals surface area contributed by atoms with E-state index in [4.69, 9.17) is 9.47 Å². The summed E-state index contributed by atoms with van der Waals surface area (Å²) in [7, 11) is 0. The Hall–Kier alpha value is -4.50. The summed E-state index contributed by atoms with van der Waals surface area (Å²) in [5, 5.41) is 13.3. The van der Waals surface area contributed by atoms with E-state index in [1.165, 1.54) is 0 Å². The van der Waals surface area contributed by atoms with Gasteiger partial charge in [-0.15, -0.1) is 5.10 Å². The number of ether oxygens (including phenoxy) is 2. The molecule has 180 valence electrons. The fourth-order valence-corrected chi connectivity index (χ4v) is 4.42. The molecule has 0 aliphatic carbocycles. The highest BCUT2D eigenvalue weighted by atomic mass is 16.7. The Balaban J connectivity index is 1.30. The molecule has 9 nitrogen and oxygen atoms in total. The summed E-state index contributed by atoms with van der Waals surface area (Å²) in [6.07, 6.45) is 0. The van der Waals surface area contributed by atoms with Gasteiger partial charge in [-0.05, 0) is 33.7 Å². The van der Waals surface area contributed by atoms with Crippen molar-refractivity contribution in [2.45, 2.75) is 26.2 Å². The first-order valence-corrected chi connectivity index (χ1v) is 11.7. The lowest BCUT2D eigenvalue weighted by Crippen LogP contribution is -2.28. The summed E-state index contributed by atoms with van der Waals surface area (Å²) in [6.45, 7) is 2.30. The van der Waals surface area contributed by atoms with Gasteiger partial charge in [-0.3, -0.25) is 9.69 Å². The van der Waals surface area contributed by atoms with Crippen LogP contribution in [0.3, 0.4) is 0 Å². The first-order valence-electron chi connectivity index (χ1n) is 11.7. The van der Waals surface area contributed by atoms with Crippen LogP contribution >= 0.6 is 0 Å². The molecule has 9 heteroatoms. The molecule has 0 saturated heterocycles. The molecule has 1 aliphatic heterocycles. The van der Waals surface area contributed by atoms with Crippen LogP contribution < -0.4 is 15.0 Å². The van der Waals surface area contributed by atoms with E-state index in [0.717, 1.165) is 27.9 Å². The molecule has 6 rings (SSSR count). The Labute approximate surface area is 206 Å². The highest BCUT2D eigenvalue weighted by Crippen LogP contribution is 2.35. The molecule has 0 bridgehead atoms. The van der Waals surface area contributed by atoms with E-state index >= 15 is 0 Å². The first-order chi connectivity index (χ1) is 17.7. The zero-order chi connectivity index (χ0) is 24.3. The summed E-state index contributed by atoms with van der Waals surface area (Å²) in [5.74, 6) is 2.05. The molecule has 0 spiro atoms. The quantitative estimate of drug-likeness (QED) is 0.363. The van der Waals surface area contributed by atoms with E-state index in [-0.39, 0.29) is 12.4 Å². The van der Waals surface area contributed by atoms with Gasteiger partial charge in [-0.2, -0.15) is 0 Å². The minimum Gasteiger partial charge on any atom is -0.454 e. The smallest absolute Gasteiger partial charge is 0.252 e. The Kier molecular flexibility index (Phi) is 5.88. The van der Waals surface area contributed by atoms with E-state index in [9.17, 15) is 4.79 Å². The van der Waals surface area contributed by atoms with Crippen molar-refractivity contribution in [3.8, 4) is 11.5 Å². The third-order valence-electron chi connectivity index (χ3n) is 6.20. The summed E-state index contributed by atoms with van der Waals surface area (Å²) in [5.41, 5.74) is 3.49. The van der Waals surface area contributed by atoms with Crippen molar-refractivity contribution in [2.75, 3.05) is 6.79 Å². The number of rotatable bonds is 8. The lowest BCUT2D eigenvalue weighted by atomic mass is 10.1. The highest BCUT2D eigenvalue weighted by molar-refractivity contribution is 5.83. The van der Waals surface area contributed by atoms with Crippen LogP contribution in [-0.4, -0.2) is 36.9 Å². The lowest BCUT2D eigenvalue weighted by molar-refractivity contribution is 0.174. The van der Waals surface area contributed by atoms with Crippen molar-refractivity contribution in [2.24, 2.45) is 0 Å². The second kappa shape index (κ2) is 9.63. The second-order valence-electron chi connectivity index (χ2n) is 8.79. The fourth-order valence-electron chi connectivity index (χ4n) is 4.42. The zero-order valence-corrected chi connectivity index (χ0v) is 19.5. The SMILES string of the molecule is O=c1[nH]c2cc3c(cc2cc1CN(Cc1ccccc1)Cc1nnnn1Cc1ccccc1)OCO3. The van der Waals surface area contributed by atoms with Crippen molar-refractivity contribution in [3.05, 3.63) is 112 Å². The van der Waals surface area contributed by atoms with Gasteiger partial charge in [0, 0.05) is 30.1 Å². The maximum absolute atomic E-state index is 13.0. The summed E-state index contributed by atoms with van der Waals surface area (Å²) in [6, 6.07) is 25.9. The number of hydrogen-bond donors (Lipinski definition) is 1. The number of nitrogens with one attached hydrogen (secondary N) is 1. The Morgan fingerprint density at radius 2 is 1.58 bits per heavy atom. The van der Waals surface area contributed by atoms with Crippen LogP contribution in [0.1, 0.15) is 22.5 Å². The van der Waals surface area contributed by atoms with Gasteiger partial charge in [0.05, 0.1) is 18.6 Å². The number of hydrogen-bond acceptors (Lipinski definition) is 7. The predicted octanol–water partition coefficient (Wildman–Crippen LogP) is 3.49. The lowest BCUT2D eigenvalue weighted by Gasteiger charge is -2.22. The first kappa shape index (κ1) is 22.0. The molecule has 3 aromatic carbocycles. The number of nitrogens with zero attached hydrogens (tertiary/aromatic N) is 5. The molecule has 0 saturated carbocycles. The number of benzene rings is 3. The number of pyridine rings is 1. The van der Waals surface area contributed by atoms with Gasteiger partial charge < -0.3 is 14.5 Å². The molecule has 0 amide bonds. The minimum atomic E-state index is -0.136. The maximum Gasteiger partial charge on any atom is 0.252 e. The third-order valence-corrected chi connectivity index (χ3v) is 6.20. The molecule has 0 unspecified atom stereocenters. The third kappa shape index (κ3) is 4.69. The molecule has 0 atom stereocenters. The van der Waals surface area contributed by atoms with Gasteiger partial charge in [-0.1, -0.05) is 60.7 Å². The maximum atomic E-state index is 13.0. The highest BCUT2D eigenvalue weighted by Gasteiger charge is 2.18. The molecular formula is C27H24N6O3. The number of fused-ring (bicyclic) bond motifs is 2. The summed E-state index contributed by atoms with van der Waals surface area (Å²) >= 11 is 0. The summed E-state index contributed by atoms with van der Waals surface area (Å²) < 4.78 is 12.8. The molecule has 1 N–H and O–H groups in total. The fraction of sp³-hybridized carbons (Fsp3) is 0.185. The van der Waals surface area contributed by atoms with Crippen LogP contribution in [0.5, 0.6) is 11.5 Å². The van der Waals surface area contributed by atoms with Gasteiger partial charge in [-0.25, -0.2) is 4.68 Å². The van der Waals surface area contributed by atoms with Crippen LogP contribution in [-0.2, 0) is 26.2 Å². The molecule has 1 aliphatic rings. The van der Waals surface area contributed by atoms with Crippen LogP contribution in [0.25, 0.3) is 10.9 Å². The average Bonchev–Trinajstić information content (AvgIpc) is 3.53. The molecular weight excluding hydrogens is 456 g/mol. The Morgan fingerprint density at radius 1 is 0.861 bits per heavy atom. The van der Waals surface area contributed by atoms with Crippen LogP contribution in [0.15, 0.2) is 83.7 Å². The van der Waals surface area contributed by atoms with Gasteiger partial charge >= 0.3 is 0 Å². The predicted molar refractivity (Wildman–Crippen MR) is 133 cm³/mol. The van der Waals surface area contributed by atoms with Crippen molar-refractivity contribution >= 4 is 10.9 Å². The van der Waals surface area contributed by atoms with Crippen molar-refractivity contribution in [1.29, 1.82) is 0 Å². The van der Waals surface area contributed by atoms with Crippen molar-refractivity contribution in [1.82, 2.24) is 30.1 Å². The average molecular weight is 481 g/mol. The van der Waals surface area contributed by atoms with E-state index in [2.05, 4.69) is 37.5 Å². The Morgan fingerprint density at radius 3 is 2.36 bits per heavy atom. The monoisotopic (exact) mass is 480 g/mol. The van der Waals surface area contributed by atoms with Crippen molar-refractivity contribution in [3.63, 3.8) is 0 Å². The van der Waals surface area contributed by atoms with Crippen molar-refractivity contribution < 1.29 is 9.47 Å². The van der Waals surface area contributed by atoms with E-state index in [1.807, 2.05) is 66.7 Å². The number of aromatic nitrogens is 5. The molecule has 2 aromatic heterocycles. The number of aromatic amines is 1. The topological polar surface area (TPSA) is 98.2 Å². The van der Waals surface area contributed by atoms with Crippen LogP contribution in [0.4, 0.5) is 0 Å². The zero-order valence-electron chi connectivity index (χ0n) is 19.5. The van der Waals surface area contributed by atoms with Crippen LogP contribution in [0.2, 0.25) is 0 Å². The van der Waals surface area contributed by atoms with Gasteiger partial charge in [0.1, 0.15) is 0 Å². The Bertz CT molecular complexity index is 1550. The molecule has 0 radical (unpaired) electrons. The molecule has 36 heavy (non-hydrogen) atoms. The van der Waals surface area contributed by atoms with E-state index in [1.54, 1.807) is 4.68 Å². The molecule has 5 aromatic rings. The van der Waals surface area contributed by atoms with E-state index in [0.29, 0.717) is 43.2 Å². The largest absolute Gasteiger partial charge is 0.454 e. The standard InChI is InChI=1S/C27H24N6O3/c34-27-22(11-21-12-24-25(36-18-35-24)13-23(21)28-27)16-32(14-19-7-3-1-4-8-19)17-26-29-30-31-33(26)15-20-9-5-2-6-10-20/h1-13H,14-18H2,(H,28,34). The minimum absolute atomic E-state index is 0.136. The summed E-state index contributed by atoms with van der Waals surface area (Å²) in [4.78, 5) is 18.2.